The summed E-state index contributed by atoms with van der Waals surface area (Å²) in [5.74, 6) is -1.31. The lowest BCUT2D eigenvalue weighted by Crippen LogP contribution is -2.21. The van der Waals surface area contributed by atoms with Crippen molar-refractivity contribution in [3.8, 4) is 5.75 Å². The van der Waals surface area contributed by atoms with E-state index in [1.807, 2.05) is 0 Å². The van der Waals surface area contributed by atoms with Crippen molar-refractivity contribution in [1.82, 2.24) is 0 Å². The van der Waals surface area contributed by atoms with E-state index in [0.717, 1.165) is 6.07 Å². The molecule has 0 heterocycles. The number of halogens is 3. The molecule has 0 amide bonds. The van der Waals surface area contributed by atoms with Gasteiger partial charge in [0, 0.05) is 5.92 Å². The highest BCUT2D eigenvalue weighted by Crippen LogP contribution is 2.28. The number of alkyl halides is 3. The van der Waals surface area contributed by atoms with E-state index < -0.39 is 23.8 Å². The fourth-order valence-corrected chi connectivity index (χ4v) is 1.53. The molecule has 1 aromatic rings. The number of Topliss-reactive ketones (excluding diaryl/α,β-unsaturated/α-hetero) is 1. The lowest BCUT2D eigenvalue weighted by molar-refractivity contribution is -0.274. The second-order valence-electron chi connectivity index (χ2n) is 3.89. The molecule has 0 aliphatic heterocycles. The zero-order valence-corrected chi connectivity index (χ0v) is 9.83. The van der Waals surface area contributed by atoms with Gasteiger partial charge in [-0.2, -0.15) is 0 Å². The van der Waals surface area contributed by atoms with E-state index in [4.69, 9.17) is 5.73 Å². The topological polar surface area (TPSA) is 52.3 Å². The van der Waals surface area contributed by atoms with Crippen molar-refractivity contribution in [1.29, 1.82) is 0 Å². The van der Waals surface area contributed by atoms with Crippen LogP contribution in [-0.4, -0.2) is 18.7 Å². The van der Waals surface area contributed by atoms with Gasteiger partial charge in [0.25, 0.3) is 0 Å². The van der Waals surface area contributed by atoms with Gasteiger partial charge < -0.3 is 10.5 Å². The van der Waals surface area contributed by atoms with E-state index in [0.29, 0.717) is 13.0 Å². The maximum atomic E-state index is 12.2. The van der Waals surface area contributed by atoms with Gasteiger partial charge in [-0.15, -0.1) is 13.2 Å². The number of ketones is 1. The van der Waals surface area contributed by atoms with Crippen molar-refractivity contribution in [3.63, 3.8) is 0 Å². The van der Waals surface area contributed by atoms with Crippen LogP contribution < -0.4 is 10.5 Å². The number of hydrogen-bond acceptors (Lipinski definition) is 3. The highest BCUT2D eigenvalue weighted by atomic mass is 19.4. The summed E-state index contributed by atoms with van der Waals surface area (Å²) in [6.07, 6.45) is -4.40. The molecular formula is C12H14F3NO2. The number of hydrogen-bond donors (Lipinski definition) is 1. The lowest BCUT2D eigenvalue weighted by Gasteiger charge is -2.15. The molecule has 0 radical (unpaired) electrons. The number of ether oxygens (including phenoxy) is 1. The van der Waals surface area contributed by atoms with Crippen molar-refractivity contribution in [3.05, 3.63) is 29.8 Å². The van der Waals surface area contributed by atoms with Crippen LogP contribution in [0.25, 0.3) is 0 Å². The molecule has 0 aliphatic rings. The molecule has 100 valence electrons. The van der Waals surface area contributed by atoms with Crippen molar-refractivity contribution in [2.75, 3.05) is 6.54 Å². The number of rotatable bonds is 5. The Labute approximate surface area is 103 Å². The van der Waals surface area contributed by atoms with E-state index >= 15 is 0 Å². The van der Waals surface area contributed by atoms with Crippen molar-refractivity contribution in [2.24, 2.45) is 11.7 Å². The minimum atomic E-state index is -4.81. The fourth-order valence-electron chi connectivity index (χ4n) is 1.53. The second kappa shape index (κ2) is 5.86. The summed E-state index contributed by atoms with van der Waals surface area (Å²) in [7, 11) is 0. The van der Waals surface area contributed by atoms with Gasteiger partial charge in [-0.1, -0.05) is 19.1 Å². The van der Waals surface area contributed by atoms with Crippen molar-refractivity contribution >= 4 is 5.78 Å². The number of nitrogens with two attached hydrogens (primary N) is 1. The average Bonchev–Trinajstić information content (AvgIpc) is 2.27. The lowest BCUT2D eigenvalue weighted by atomic mass is 9.96. The Morgan fingerprint density at radius 1 is 1.39 bits per heavy atom. The average molecular weight is 261 g/mol. The van der Waals surface area contributed by atoms with E-state index in [1.54, 1.807) is 6.92 Å². The van der Waals surface area contributed by atoms with Gasteiger partial charge >= 0.3 is 6.36 Å². The first-order valence-corrected chi connectivity index (χ1v) is 5.44. The van der Waals surface area contributed by atoms with Crippen LogP contribution in [0.1, 0.15) is 23.7 Å². The number of para-hydroxylation sites is 1. The minimum absolute atomic E-state index is 0.0734. The first kappa shape index (κ1) is 14.5. The third-order valence-electron chi connectivity index (χ3n) is 2.43. The van der Waals surface area contributed by atoms with Crippen LogP contribution in [0.5, 0.6) is 5.75 Å². The molecule has 3 nitrogen and oxygen atoms in total. The highest BCUT2D eigenvalue weighted by molar-refractivity contribution is 6.00. The van der Waals surface area contributed by atoms with Crippen LogP contribution in [-0.2, 0) is 0 Å². The quantitative estimate of drug-likeness (QED) is 0.829. The molecule has 0 spiro atoms. The standard InChI is InChI=1S/C12H14F3NO2/c1-8(6-7-16)11(17)9-4-2-3-5-10(9)18-12(13,14)15/h2-5,8H,6-7,16H2,1H3. The molecule has 0 fully saturated rings. The summed E-state index contributed by atoms with van der Waals surface area (Å²) in [6.45, 7) is 1.93. The molecule has 0 aromatic heterocycles. The van der Waals surface area contributed by atoms with E-state index in [-0.39, 0.29) is 5.56 Å². The van der Waals surface area contributed by atoms with E-state index in [1.165, 1.54) is 18.2 Å². The Bertz CT molecular complexity index is 418. The molecule has 0 saturated carbocycles. The summed E-state index contributed by atoms with van der Waals surface area (Å²) < 4.78 is 40.4. The van der Waals surface area contributed by atoms with Crippen LogP contribution in [0, 0.1) is 5.92 Å². The van der Waals surface area contributed by atoms with Gasteiger partial charge in [0.05, 0.1) is 5.56 Å². The Kier molecular flexibility index (Phi) is 4.72. The molecule has 18 heavy (non-hydrogen) atoms. The van der Waals surface area contributed by atoms with E-state index in [2.05, 4.69) is 4.74 Å². The number of carbonyl (C=O) groups is 1. The molecule has 1 atom stereocenters. The zero-order chi connectivity index (χ0) is 13.8. The largest absolute Gasteiger partial charge is 0.573 e. The smallest absolute Gasteiger partial charge is 0.405 e. The van der Waals surface area contributed by atoms with Gasteiger partial charge in [-0.25, -0.2) is 0 Å². The minimum Gasteiger partial charge on any atom is -0.405 e. The normalized spacial score (nSPS) is 13.2. The molecule has 6 heteroatoms. The Hall–Kier alpha value is -1.56. The third-order valence-corrected chi connectivity index (χ3v) is 2.43. The summed E-state index contributed by atoms with van der Waals surface area (Å²) >= 11 is 0. The van der Waals surface area contributed by atoms with Gasteiger partial charge in [0.15, 0.2) is 5.78 Å². The van der Waals surface area contributed by atoms with Crippen LogP contribution >= 0.6 is 0 Å². The summed E-state index contributed by atoms with van der Waals surface area (Å²) in [5, 5.41) is 0. The summed E-state index contributed by atoms with van der Waals surface area (Å²) in [4.78, 5) is 11.9. The third kappa shape index (κ3) is 4.03. The predicted octanol–water partition coefficient (Wildman–Crippen LogP) is 2.75. The van der Waals surface area contributed by atoms with Gasteiger partial charge in [-0.05, 0) is 25.1 Å². The molecule has 2 N–H and O–H groups in total. The molecule has 1 aromatic carbocycles. The SMILES string of the molecule is CC(CCN)C(=O)c1ccccc1OC(F)(F)F. The molecule has 0 aliphatic carbocycles. The Morgan fingerprint density at radius 3 is 2.56 bits per heavy atom. The van der Waals surface area contributed by atoms with E-state index in [9.17, 15) is 18.0 Å². The Balaban J connectivity index is 2.98. The summed E-state index contributed by atoms with van der Waals surface area (Å²) in [6, 6.07) is 5.31. The number of carbonyl (C=O) groups excluding carboxylic acids is 1. The Morgan fingerprint density at radius 2 is 2.00 bits per heavy atom. The first-order chi connectivity index (χ1) is 8.35. The molecule has 1 rings (SSSR count). The molecule has 0 saturated heterocycles. The fraction of sp³-hybridized carbons (Fsp3) is 0.417. The van der Waals surface area contributed by atoms with Crippen LogP contribution in [0.3, 0.4) is 0 Å². The maximum absolute atomic E-state index is 12.2. The predicted molar refractivity (Wildman–Crippen MR) is 60.3 cm³/mol. The zero-order valence-electron chi connectivity index (χ0n) is 9.83. The number of benzene rings is 1. The second-order valence-corrected chi connectivity index (χ2v) is 3.89. The first-order valence-electron chi connectivity index (χ1n) is 5.44. The monoisotopic (exact) mass is 261 g/mol. The van der Waals surface area contributed by atoms with Crippen LogP contribution in [0.2, 0.25) is 0 Å². The molecular weight excluding hydrogens is 247 g/mol. The van der Waals surface area contributed by atoms with Crippen molar-refractivity contribution in [2.45, 2.75) is 19.7 Å². The van der Waals surface area contributed by atoms with Crippen molar-refractivity contribution < 1.29 is 22.7 Å². The maximum Gasteiger partial charge on any atom is 0.573 e. The van der Waals surface area contributed by atoms with Gasteiger partial charge in [0.2, 0.25) is 0 Å². The van der Waals surface area contributed by atoms with Gasteiger partial charge in [0.1, 0.15) is 5.75 Å². The molecule has 0 bridgehead atoms. The summed E-state index contributed by atoms with van der Waals surface area (Å²) in [5.41, 5.74) is 5.25. The van der Waals surface area contributed by atoms with Crippen LogP contribution in [0.15, 0.2) is 24.3 Å². The molecule has 1 unspecified atom stereocenters. The van der Waals surface area contributed by atoms with Crippen LogP contribution in [0.4, 0.5) is 13.2 Å². The highest BCUT2D eigenvalue weighted by Gasteiger charge is 2.33. The van der Waals surface area contributed by atoms with Gasteiger partial charge in [-0.3, -0.25) is 4.79 Å².